The Labute approximate surface area is 153 Å². The highest BCUT2D eigenvalue weighted by molar-refractivity contribution is 7.86. The van der Waals surface area contributed by atoms with E-state index in [1.807, 2.05) is 0 Å². The summed E-state index contributed by atoms with van der Waals surface area (Å²) in [5.41, 5.74) is 5.14. The first-order valence-corrected chi connectivity index (χ1v) is 8.77. The highest BCUT2D eigenvalue weighted by Gasteiger charge is 2.13. The number of nitrogens with zero attached hydrogens (tertiary/aromatic N) is 1. The van der Waals surface area contributed by atoms with Crippen molar-refractivity contribution in [3.8, 4) is 5.75 Å². The number of carbonyl (C=O) groups is 1. The lowest BCUT2D eigenvalue weighted by Gasteiger charge is -2.03. The van der Waals surface area contributed by atoms with E-state index in [2.05, 4.69) is 0 Å². The maximum Gasteiger partial charge on any atom is 0.295 e. The van der Waals surface area contributed by atoms with Gasteiger partial charge in [0.2, 0.25) is 5.91 Å². The SMILES string of the molecule is NC(=O)c1ccc([N+](=O)[O-])cc1.O=S(=O)(O)c1cccc2cc(O)ccc12. The van der Waals surface area contributed by atoms with Crippen molar-refractivity contribution in [3.05, 3.63) is 76.3 Å². The van der Waals surface area contributed by atoms with Crippen LogP contribution in [0, 0.1) is 10.1 Å². The number of fused-ring (bicyclic) bond motifs is 1. The number of hydrogen-bond acceptors (Lipinski definition) is 6. The number of primary amides is 1. The quantitative estimate of drug-likeness (QED) is 0.351. The fourth-order valence-corrected chi connectivity index (χ4v) is 2.93. The Morgan fingerprint density at radius 1 is 1.04 bits per heavy atom. The number of rotatable bonds is 3. The van der Waals surface area contributed by atoms with Crippen LogP contribution in [0.1, 0.15) is 10.4 Å². The van der Waals surface area contributed by atoms with Crippen LogP contribution in [0.15, 0.2) is 65.6 Å². The molecule has 0 radical (unpaired) electrons. The molecule has 0 fully saturated rings. The average Bonchev–Trinajstić information content (AvgIpc) is 2.60. The summed E-state index contributed by atoms with van der Waals surface area (Å²) in [6, 6.07) is 13.8. The minimum absolute atomic E-state index is 0.0509. The lowest BCUT2D eigenvalue weighted by atomic mass is 10.1. The van der Waals surface area contributed by atoms with Gasteiger partial charge in [-0.1, -0.05) is 12.1 Å². The summed E-state index contributed by atoms with van der Waals surface area (Å²) in [5, 5.41) is 20.3. The normalized spacial score (nSPS) is 10.7. The lowest BCUT2D eigenvalue weighted by molar-refractivity contribution is -0.384. The van der Waals surface area contributed by atoms with E-state index in [9.17, 15) is 28.4 Å². The zero-order valence-corrected chi connectivity index (χ0v) is 14.5. The number of nitro benzene ring substituents is 1. The van der Waals surface area contributed by atoms with Gasteiger partial charge in [-0.05, 0) is 41.8 Å². The molecule has 0 aliphatic carbocycles. The van der Waals surface area contributed by atoms with E-state index in [0.29, 0.717) is 10.8 Å². The Morgan fingerprint density at radius 2 is 1.67 bits per heavy atom. The molecule has 27 heavy (non-hydrogen) atoms. The van der Waals surface area contributed by atoms with Crippen LogP contribution in [0.25, 0.3) is 10.8 Å². The summed E-state index contributed by atoms with van der Waals surface area (Å²) >= 11 is 0. The van der Waals surface area contributed by atoms with Gasteiger partial charge in [0.25, 0.3) is 15.8 Å². The van der Waals surface area contributed by atoms with E-state index in [1.54, 1.807) is 6.07 Å². The average molecular weight is 390 g/mol. The van der Waals surface area contributed by atoms with Gasteiger partial charge in [0, 0.05) is 23.1 Å². The third-order valence-electron chi connectivity index (χ3n) is 3.46. The van der Waals surface area contributed by atoms with Crippen LogP contribution in [-0.2, 0) is 10.1 Å². The molecule has 0 atom stereocenters. The number of phenolic OH excluding ortho intramolecular Hbond substituents is 1. The molecule has 3 rings (SSSR count). The Balaban J connectivity index is 0.000000199. The topological polar surface area (TPSA) is 161 Å². The Bertz CT molecular complexity index is 1080. The first-order valence-electron chi connectivity index (χ1n) is 7.33. The Morgan fingerprint density at radius 3 is 2.19 bits per heavy atom. The fourth-order valence-electron chi connectivity index (χ4n) is 2.21. The van der Waals surface area contributed by atoms with Gasteiger partial charge in [-0.3, -0.25) is 19.5 Å². The van der Waals surface area contributed by atoms with Crippen molar-refractivity contribution in [3.63, 3.8) is 0 Å². The van der Waals surface area contributed by atoms with Crippen molar-refractivity contribution >= 4 is 32.5 Å². The second kappa shape index (κ2) is 7.81. The molecule has 0 saturated heterocycles. The van der Waals surface area contributed by atoms with Gasteiger partial charge in [0.15, 0.2) is 0 Å². The molecular formula is C17H14N2O7S. The number of benzene rings is 3. The van der Waals surface area contributed by atoms with E-state index in [4.69, 9.17) is 10.3 Å². The van der Waals surface area contributed by atoms with E-state index in [1.165, 1.54) is 54.6 Å². The van der Waals surface area contributed by atoms with Crippen LogP contribution in [-0.4, -0.2) is 28.9 Å². The van der Waals surface area contributed by atoms with Crippen molar-refractivity contribution in [2.75, 3.05) is 0 Å². The van der Waals surface area contributed by atoms with Gasteiger partial charge >= 0.3 is 0 Å². The van der Waals surface area contributed by atoms with Crippen molar-refractivity contribution in [2.45, 2.75) is 4.90 Å². The summed E-state index contributed by atoms with van der Waals surface area (Å²) in [6.07, 6.45) is 0. The molecule has 0 heterocycles. The zero-order valence-electron chi connectivity index (χ0n) is 13.6. The van der Waals surface area contributed by atoms with E-state index in [-0.39, 0.29) is 21.9 Å². The molecule has 3 aromatic rings. The highest BCUT2D eigenvalue weighted by atomic mass is 32.2. The first kappa shape index (κ1) is 19.8. The largest absolute Gasteiger partial charge is 0.508 e. The van der Waals surface area contributed by atoms with Crippen molar-refractivity contribution in [1.29, 1.82) is 0 Å². The monoisotopic (exact) mass is 390 g/mol. The lowest BCUT2D eigenvalue weighted by Crippen LogP contribution is -2.10. The Kier molecular flexibility index (Phi) is 5.73. The molecule has 9 nitrogen and oxygen atoms in total. The molecule has 0 unspecified atom stereocenters. The minimum Gasteiger partial charge on any atom is -0.508 e. The molecule has 10 heteroatoms. The smallest absolute Gasteiger partial charge is 0.295 e. The van der Waals surface area contributed by atoms with Crippen LogP contribution in [0.3, 0.4) is 0 Å². The predicted molar refractivity (Wildman–Crippen MR) is 97.0 cm³/mol. The minimum atomic E-state index is -4.22. The Hall–Kier alpha value is -3.50. The van der Waals surface area contributed by atoms with Crippen LogP contribution >= 0.6 is 0 Å². The number of nitrogens with two attached hydrogens (primary N) is 1. The molecule has 0 bridgehead atoms. The van der Waals surface area contributed by atoms with Crippen molar-refractivity contribution in [1.82, 2.24) is 0 Å². The summed E-state index contributed by atoms with van der Waals surface area (Å²) in [4.78, 5) is 20.0. The summed E-state index contributed by atoms with van der Waals surface area (Å²) in [6.45, 7) is 0. The highest BCUT2D eigenvalue weighted by Crippen LogP contribution is 2.25. The first-order chi connectivity index (χ1) is 12.6. The van der Waals surface area contributed by atoms with Gasteiger partial charge in [0.1, 0.15) is 10.6 Å². The molecule has 0 aliphatic rings. The third kappa shape index (κ3) is 5.00. The molecule has 1 amide bonds. The van der Waals surface area contributed by atoms with Crippen molar-refractivity contribution in [2.24, 2.45) is 5.73 Å². The van der Waals surface area contributed by atoms with Crippen LogP contribution in [0.2, 0.25) is 0 Å². The fraction of sp³-hybridized carbons (Fsp3) is 0. The molecule has 0 saturated carbocycles. The van der Waals surface area contributed by atoms with Gasteiger partial charge < -0.3 is 10.8 Å². The standard InChI is InChI=1S/C10H8O4S.C7H6N2O3/c11-8-4-5-9-7(6-8)2-1-3-10(9)15(12,13)14;8-7(10)5-1-3-6(4-2-5)9(11)12/h1-6,11H,(H,12,13,14);1-4H,(H2,8,10). The number of hydrogen-bond donors (Lipinski definition) is 3. The molecule has 0 aliphatic heterocycles. The summed E-state index contributed by atoms with van der Waals surface area (Å²) in [7, 11) is -4.22. The maximum absolute atomic E-state index is 11.0. The molecule has 4 N–H and O–H groups in total. The second-order valence-corrected chi connectivity index (χ2v) is 6.69. The number of phenols is 1. The van der Waals surface area contributed by atoms with Gasteiger partial charge in [0.05, 0.1) is 4.92 Å². The van der Waals surface area contributed by atoms with Crippen LogP contribution in [0.4, 0.5) is 5.69 Å². The van der Waals surface area contributed by atoms with E-state index >= 15 is 0 Å². The second-order valence-electron chi connectivity index (χ2n) is 5.30. The van der Waals surface area contributed by atoms with Gasteiger partial charge in [-0.15, -0.1) is 0 Å². The third-order valence-corrected chi connectivity index (χ3v) is 4.38. The van der Waals surface area contributed by atoms with Gasteiger partial charge in [-0.2, -0.15) is 8.42 Å². The number of non-ortho nitro benzene ring substituents is 1. The number of amides is 1. The molecule has 0 spiro atoms. The maximum atomic E-state index is 11.0. The number of carbonyl (C=O) groups excluding carboxylic acids is 1. The van der Waals surface area contributed by atoms with E-state index < -0.39 is 20.9 Å². The van der Waals surface area contributed by atoms with Crippen LogP contribution < -0.4 is 5.73 Å². The van der Waals surface area contributed by atoms with E-state index in [0.717, 1.165) is 0 Å². The molecular weight excluding hydrogens is 376 g/mol. The molecule has 0 aromatic heterocycles. The predicted octanol–water partition coefficient (Wildman–Crippen LogP) is 2.49. The number of nitro groups is 1. The summed E-state index contributed by atoms with van der Waals surface area (Å²) < 4.78 is 31.0. The van der Waals surface area contributed by atoms with Gasteiger partial charge in [-0.25, -0.2) is 0 Å². The van der Waals surface area contributed by atoms with Crippen LogP contribution in [0.5, 0.6) is 5.75 Å². The zero-order chi connectivity index (χ0) is 20.2. The molecule has 140 valence electrons. The summed E-state index contributed by atoms with van der Waals surface area (Å²) in [5.74, 6) is -0.542. The van der Waals surface area contributed by atoms with Crippen molar-refractivity contribution < 1.29 is 27.8 Å². The number of aromatic hydroxyl groups is 1. The molecule has 3 aromatic carbocycles.